The Morgan fingerprint density at radius 1 is 1.30 bits per heavy atom. The summed E-state index contributed by atoms with van der Waals surface area (Å²) in [4.78, 5) is 40.9. The first-order valence-corrected chi connectivity index (χ1v) is 9.54. The van der Waals surface area contributed by atoms with Gasteiger partial charge in [0.25, 0.3) is 0 Å². The van der Waals surface area contributed by atoms with Crippen LogP contribution in [0.3, 0.4) is 0 Å². The lowest BCUT2D eigenvalue weighted by molar-refractivity contribution is -0.128. The molecule has 0 bridgehead atoms. The zero-order chi connectivity index (χ0) is 19.0. The van der Waals surface area contributed by atoms with Gasteiger partial charge >= 0.3 is 0 Å². The number of nitrogens with zero attached hydrogens (tertiary/aromatic N) is 3. The number of H-pyrrole nitrogens is 1. The first kappa shape index (κ1) is 17.8. The van der Waals surface area contributed by atoms with Crippen LogP contribution >= 0.6 is 15.9 Å². The fourth-order valence-electron chi connectivity index (χ4n) is 3.10. The molecule has 1 amide bonds. The van der Waals surface area contributed by atoms with Gasteiger partial charge in [0.1, 0.15) is 10.4 Å². The van der Waals surface area contributed by atoms with E-state index in [1.165, 1.54) is 0 Å². The number of hydrogen-bond acceptors (Lipinski definition) is 5. The van der Waals surface area contributed by atoms with Gasteiger partial charge in [-0.05, 0) is 41.4 Å². The summed E-state index contributed by atoms with van der Waals surface area (Å²) in [5.41, 5.74) is 2.45. The maximum atomic E-state index is 12.5. The van der Waals surface area contributed by atoms with Crippen LogP contribution in [0.4, 0.5) is 0 Å². The second kappa shape index (κ2) is 7.19. The summed E-state index contributed by atoms with van der Waals surface area (Å²) < 4.78 is 0.616. The molecule has 138 valence electrons. The third kappa shape index (κ3) is 3.90. The highest BCUT2D eigenvalue weighted by Crippen LogP contribution is 2.46. The van der Waals surface area contributed by atoms with Crippen LogP contribution in [0.5, 0.6) is 0 Å². The Morgan fingerprint density at radius 2 is 2.11 bits per heavy atom. The average molecular weight is 428 g/mol. The van der Waals surface area contributed by atoms with E-state index < -0.39 is 6.04 Å². The molecule has 3 unspecified atom stereocenters. The van der Waals surface area contributed by atoms with Crippen LogP contribution < -0.4 is 5.32 Å². The first-order valence-electron chi connectivity index (χ1n) is 8.75. The molecule has 3 atom stereocenters. The minimum absolute atomic E-state index is 0.0806. The van der Waals surface area contributed by atoms with Crippen LogP contribution in [-0.4, -0.2) is 37.7 Å². The monoisotopic (exact) mass is 427 g/mol. The van der Waals surface area contributed by atoms with Crippen molar-refractivity contribution in [1.82, 2.24) is 25.3 Å². The summed E-state index contributed by atoms with van der Waals surface area (Å²) in [7, 11) is 0. The van der Waals surface area contributed by atoms with Gasteiger partial charge in [-0.1, -0.05) is 12.1 Å². The van der Waals surface area contributed by atoms with E-state index in [0.717, 1.165) is 23.3 Å². The van der Waals surface area contributed by atoms with Gasteiger partial charge in [0, 0.05) is 11.8 Å². The van der Waals surface area contributed by atoms with Gasteiger partial charge in [-0.25, -0.2) is 9.97 Å². The van der Waals surface area contributed by atoms with Crippen LogP contribution in [0.25, 0.3) is 11.0 Å². The van der Waals surface area contributed by atoms with Gasteiger partial charge in [-0.15, -0.1) is 0 Å². The molecule has 27 heavy (non-hydrogen) atoms. The van der Waals surface area contributed by atoms with Crippen molar-refractivity contribution in [2.24, 2.45) is 5.92 Å². The summed E-state index contributed by atoms with van der Waals surface area (Å²) in [5, 5.41) is 2.82. The third-order valence-corrected chi connectivity index (χ3v) is 5.17. The number of halogens is 1. The van der Waals surface area contributed by atoms with Crippen LogP contribution in [0.2, 0.25) is 0 Å². The number of fused-ring (bicyclic) bond motifs is 1. The molecule has 4 rings (SSSR count). The van der Waals surface area contributed by atoms with Crippen molar-refractivity contribution in [2.75, 3.05) is 0 Å². The molecule has 0 radical (unpaired) electrons. The molecule has 0 aliphatic heterocycles. The van der Waals surface area contributed by atoms with Crippen molar-refractivity contribution in [1.29, 1.82) is 0 Å². The summed E-state index contributed by atoms with van der Waals surface area (Å²) in [6, 6.07) is 7.23. The highest BCUT2D eigenvalue weighted by atomic mass is 79.9. The van der Waals surface area contributed by atoms with Gasteiger partial charge in [-0.3, -0.25) is 14.6 Å². The fraction of sp³-hybridized carbons (Fsp3) is 0.316. The predicted octanol–water partition coefficient (Wildman–Crippen LogP) is 2.54. The molecular weight excluding hydrogens is 410 g/mol. The number of rotatable bonds is 6. The van der Waals surface area contributed by atoms with Crippen LogP contribution in [-0.2, 0) is 16.0 Å². The Labute approximate surface area is 164 Å². The number of para-hydroxylation sites is 2. The maximum Gasteiger partial charge on any atom is 0.224 e. The molecule has 0 saturated heterocycles. The summed E-state index contributed by atoms with van der Waals surface area (Å²) >= 11 is 3.21. The zero-order valence-corrected chi connectivity index (χ0v) is 16.2. The Bertz CT molecular complexity index is 968. The Balaban J connectivity index is 1.33. The molecule has 1 fully saturated rings. The summed E-state index contributed by atoms with van der Waals surface area (Å²) in [6.45, 7) is 1.70. The Morgan fingerprint density at radius 3 is 2.85 bits per heavy atom. The lowest BCUT2D eigenvalue weighted by Crippen LogP contribution is -2.40. The molecule has 7 nitrogen and oxygen atoms in total. The largest absolute Gasteiger partial charge is 0.346 e. The number of Topliss-reactive ketones (excluding diaryl/α,β-unsaturated/α-hetero) is 1. The fourth-order valence-corrected chi connectivity index (χ4v) is 3.30. The van der Waals surface area contributed by atoms with Crippen molar-refractivity contribution in [3.8, 4) is 0 Å². The van der Waals surface area contributed by atoms with E-state index in [-0.39, 0.29) is 29.9 Å². The van der Waals surface area contributed by atoms with Gasteiger partial charge in [0.2, 0.25) is 5.91 Å². The highest BCUT2D eigenvalue weighted by molar-refractivity contribution is 9.10. The van der Waals surface area contributed by atoms with Crippen LogP contribution in [0.1, 0.15) is 30.8 Å². The Hall–Kier alpha value is -2.61. The number of aromatic nitrogens is 4. The maximum absolute atomic E-state index is 12.5. The predicted molar refractivity (Wildman–Crippen MR) is 103 cm³/mol. The molecule has 1 aliphatic carbocycles. The van der Waals surface area contributed by atoms with Gasteiger partial charge < -0.3 is 10.3 Å². The molecule has 2 N–H and O–H groups in total. The van der Waals surface area contributed by atoms with Crippen molar-refractivity contribution < 1.29 is 9.59 Å². The molecule has 2 aromatic heterocycles. The number of carbonyl (C=O) groups is 2. The standard InChI is InChI=1S/C19H18BrN5O2/c1-10(16(26)6-11-8-22-17(20)9-21-11)23-19(27)13-7-12(13)18-24-14-4-2-3-5-15(14)25-18/h2-5,8-10,12-13H,6-7H2,1H3,(H,23,27)(H,24,25). The summed E-state index contributed by atoms with van der Waals surface area (Å²) in [5.74, 6) is 0.565. The Kier molecular flexibility index (Phi) is 4.73. The number of nitrogens with one attached hydrogen (secondary N) is 2. The van der Waals surface area contributed by atoms with Gasteiger partial charge in [-0.2, -0.15) is 0 Å². The van der Waals surface area contributed by atoms with Crippen LogP contribution in [0, 0.1) is 5.92 Å². The number of ketones is 1. The average Bonchev–Trinajstić information content (AvgIpc) is 3.35. The van der Waals surface area contributed by atoms with Gasteiger partial charge in [0.05, 0.1) is 41.6 Å². The molecule has 1 saturated carbocycles. The minimum atomic E-state index is -0.570. The smallest absolute Gasteiger partial charge is 0.224 e. The molecule has 2 heterocycles. The lowest BCUT2D eigenvalue weighted by Gasteiger charge is -2.12. The van der Waals surface area contributed by atoms with E-state index in [1.54, 1.807) is 19.3 Å². The minimum Gasteiger partial charge on any atom is -0.346 e. The number of imidazole rings is 1. The van der Waals surface area contributed by atoms with E-state index in [9.17, 15) is 9.59 Å². The molecule has 1 aliphatic rings. The van der Waals surface area contributed by atoms with Crippen molar-refractivity contribution in [3.63, 3.8) is 0 Å². The molecule has 1 aromatic carbocycles. The second-order valence-electron chi connectivity index (χ2n) is 6.79. The number of benzene rings is 1. The molecule has 0 spiro atoms. The molecular formula is C19H18BrN5O2. The number of hydrogen-bond donors (Lipinski definition) is 2. The van der Waals surface area contributed by atoms with E-state index in [1.807, 2.05) is 24.3 Å². The van der Waals surface area contributed by atoms with Crippen molar-refractivity contribution >= 4 is 38.7 Å². The number of aromatic amines is 1. The third-order valence-electron chi connectivity index (χ3n) is 4.76. The van der Waals surface area contributed by atoms with E-state index in [0.29, 0.717) is 10.3 Å². The van der Waals surface area contributed by atoms with Crippen molar-refractivity contribution in [3.05, 3.63) is 52.8 Å². The number of amides is 1. The van der Waals surface area contributed by atoms with E-state index in [2.05, 4.69) is 41.2 Å². The SMILES string of the molecule is CC(NC(=O)C1CC1c1nc2ccccc2[nH]1)C(=O)Cc1cnc(Br)cn1. The molecule has 8 heteroatoms. The van der Waals surface area contributed by atoms with E-state index >= 15 is 0 Å². The zero-order valence-electron chi connectivity index (χ0n) is 14.6. The second-order valence-corrected chi connectivity index (χ2v) is 7.60. The highest BCUT2D eigenvalue weighted by Gasteiger charge is 2.46. The topological polar surface area (TPSA) is 101 Å². The quantitative estimate of drug-likeness (QED) is 0.629. The van der Waals surface area contributed by atoms with Gasteiger partial charge in [0.15, 0.2) is 5.78 Å². The summed E-state index contributed by atoms with van der Waals surface area (Å²) in [6.07, 6.45) is 3.98. The lowest BCUT2D eigenvalue weighted by atomic mass is 10.1. The number of carbonyl (C=O) groups excluding carboxylic acids is 2. The van der Waals surface area contributed by atoms with E-state index in [4.69, 9.17) is 0 Å². The normalized spacial score (nSPS) is 19.6. The van der Waals surface area contributed by atoms with Crippen molar-refractivity contribution in [2.45, 2.75) is 31.7 Å². The molecule has 3 aromatic rings. The first-order chi connectivity index (χ1) is 13.0. The van der Waals surface area contributed by atoms with Crippen LogP contribution in [0.15, 0.2) is 41.3 Å².